The predicted octanol–water partition coefficient (Wildman–Crippen LogP) is 2.15. The molecule has 80 valence electrons. The minimum absolute atomic E-state index is 0.698. The molecule has 0 aliphatic carbocycles. The highest BCUT2D eigenvalue weighted by molar-refractivity contribution is 4.60. The average Bonchev–Trinajstić information content (AvgIpc) is 2.13. The van der Waals surface area contributed by atoms with Crippen molar-refractivity contribution in [2.24, 2.45) is 0 Å². The molecule has 0 fully saturated rings. The first-order valence-corrected chi connectivity index (χ1v) is 5.69. The minimum atomic E-state index is 0.698. The van der Waals surface area contributed by atoms with Crippen molar-refractivity contribution in [1.82, 2.24) is 10.6 Å². The molecule has 0 heterocycles. The molecule has 1 unspecified atom stereocenters. The van der Waals surface area contributed by atoms with Crippen molar-refractivity contribution in [3.8, 4) is 0 Å². The molecule has 1 atom stereocenters. The normalized spacial score (nSPS) is 13.2. The van der Waals surface area contributed by atoms with Gasteiger partial charge in [-0.2, -0.15) is 0 Å². The molecule has 0 aromatic carbocycles. The summed E-state index contributed by atoms with van der Waals surface area (Å²) >= 11 is 0. The van der Waals surface area contributed by atoms with Gasteiger partial charge in [-0.05, 0) is 39.9 Å². The summed E-state index contributed by atoms with van der Waals surface area (Å²) in [5, 5.41) is 6.69. The van der Waals surface area contributed by atoms with Crippen LogP contribution in [-0.4, -0.2) is 26.2 Å². The number of unbranched alkanes of at least 4 members (excludes halogenated alkanes) is 2. The lowest BCUT2D eigenvalue weighted by molar-refractivity contribution is 0.480. The highest BCUT2D eigenvalue weighted by Gasteiger charge is 1.98. The van der Waals surface area contributed by atoms with E-state index in [2.05, 4.69) is 24.5 Å². The Bertz CT molecular complexity index is 94.1. The fourth-order valence-electron chi connectivity index (χ4n) is 1.42. The van der Waals surface area contributed by atoms with E-state index in [0.717, 1.165) is 13.1 Å². The Balaban J connectivity index is 3.05. The van der Waals surface area contributed by atoms with Gasteiger partial charge in [-0.25, -0.2) is 0 Å². The van der Waals surface area contributed by atoms with Crippen LogP contribution in [0.3, 0.4) is 0 Å². The summed E-state index contributed by atoms with van der Waals surface area (Å²) in [5.74, 6) is 0. The van der Waals surface area contributed by atoms with E-state index in [1.807, 2.05) is 7.05 Å². The summed E-state index contributed by atoms with van der Waals surface area (Å²) in [5.41, 5.74) is 0. The number of hydrogen-bond acceptors (Lipinski definition) is 2. The Morgan fingerprint density at radius 1 is 1.08 bits per heavy atom. The molecule has 0 saturated carbocycles. The molecule has 0 rings (SSSR count). The number of rotatable bonds is 9. The third-order valence-corrected chi connectivity index (χ3v) is 2.34. The second kappa shape index (κ2) is 10.0. The van der Waals surface area contributed by atoms with Gasteiger partial charge in [0, 0.05) is 6.04 Å². The fraction of sp³-hybridized carbons (Fsp3) is 1.00. The summed E-state index contributed by atoms with van der Waals surface area (Å²) in [6.07, 6.45) is 6.63. The van der Waals surface area contributed by atoms with Crippen molar-refractivity contribution in [1.29, 1.82) is 0 Å². The van der Waals surface area contributed by atoms with Gasteiger partial charge in [0.1, 0.15) is 0 Å². The largest absolute Gasteiger partial charge is 0.320 e. The zero-order chi connectivity index (χ0) is 9.94. The molecule has 0 amide bonds. The molecular formula is C11H26N2. The van der Waals surface area contributed by atoms with Crippen LogP contribution in [0.4, 0.5) is 0 Å². The van der Waals surface area contributed by atoms with Crippen LogP contribution < -0.4 is 10.6 Å². The van der Waals surface area contributed by atoms with E-state index in [4.69, 9.17) is 0 Å². The van der Waals surface area contributed by atoms with Crippen LogP contribution in [0.2, 0.25) is 0 Å². The fourth-order valence-corrected chi connectivity index (χ4v) is 1.42. The minimum Gasteiger partial charge on any atom is -0.320 e. The summed E-state index contributed by atoms with van der Waals surface area (Å²) in [6.45, 7) is 6.81. The van der Waals surface area contributed by atoms with Gasteiger partial charge in [-0.1, -0.05) is 26.2 Å². The maximum absolute atomic E-state index is 3.54. The average molecular weight is 186 g/mol. The van der Waals surface area contributed by atoms with Crippen molar-refractivity contribution in [2.75, 3.05) is 20.1 Å². The molecule has 2 heteroatoms. The molecule has 0 aliphatic rings. The van der Waals surface area contributed by atoms with E-state index in [-0.39, 0.29) is 0 Å². The van der Waals surface area contributed by atoms with Gasteiger partial charge in [-0.3, -0.25) is 0 Å². The van der Waals surface area contributed by atoms with Crippen LogP contribution in [0.25, 0.3) is 0 Å². The molecule has 2 N–H and O–H groups in total. The molecule has 0 spiro atoms. The van der Waals surface area contributed by atoms with E-state index in [9.17, 15) is 0 Å². The Hall–Kier alpha value is -0.0800. The van der Waals surface area contributed by atoms with Crippen LogP contribution >= 0.6 is 0 Å². The van der Waals surface area contributed by atoms with Crippen molar-refractivity contribution in [2.45, 2.75) is 52.0 Å². The first-order valence-electron chi connectivity index (χ1n) is 5.69. The Labute approximate surface area is 83.5 Å². The third-order valence-electron chi connectivity index (χ3n) is 2.34. The monoisotopic (exact) mass is 186 g/mol. The van der Waals surface area contributed by atoms with Gasteiger partial charge in [0.05, 0.1) is 0 Å². The van der Waals surface area contributed by atoms with Crippen molar-refractivity contribution >= 4 is 0 Å². The highest BCUT2D eigenvalue weighted by atomic mass is 14.9. The summed E-state index contributed by atoms with van der Waals surface area (Å²) in [4.78, 5) is 0. The van der Waals surface area contributed by atoms with Crippen LogP contribution in [0.5, 0.6) is 0 Å². The van der Waals surface area contributed by atoms with Gasteiger partial charge in [0.15, 0.2) is 0 Å². The predicted molar refractivity (Wildman–Crippen MR) is 60.2 cm³/mol. The van der Waals surface area contributed by atoms with Gasteiger partial charge in [0.25, 0.3) is 0 Å². The van der Waals surface area contributed by atoms with Crippen LogP contribution in [0.1, 0.15) is 46.0 Å². The third kappa shape index (κ3) is 9.84. The lowest BCUT2D eigenvalue weighted by atomic mass is 10.1. The molecule has 0 radical (unpaired) electrons. The van der Waals surface area contributed by atoms with Crippen molar-refractivity contribution in [3.05, 3.63) is 0 Å². The lowest BCUT2D eigenvalue weighted by Crippen LogP contribution is -2.28. The van der Waals surface area contributed by atoms with E-state index < -0.39 is 0 Å². The molecule has 0 aliphatic heterocycles. The van der Waals surface area contributed by atoms with Gasteiger partial charge in [-0.15, -0.1) is 0 Å². The smallest absolute Gasteiger partial charge is 0.00387 e. The number of nitrogens with one attached hydrogen (secondary N) is 2. The highest BCUT2D eigenvalue weighted by Crippen LogP contribution is 2.02. The van der Waals surface area contributed by atoms with Gasteiger partial charge >= 0.3 is 0 Å². The van der Waals surface area contributed by atoms with Gasteiger partial charge < -0.3 is 10.6 Å². The maximum atomic E-state index is 3.54. The lowest BCUT2D eigenvalue weighted by Gasteiger charge is -2.12. The molecule has 13 heavy (non-hydrogen) atoms. The first-order chi connectivity index (χ1) is 6.31. The maximum Gasteiger partial charge on any atom is 0.00387 e. The molecule has 0 aromatic rings. The number of hydrogen-bond donors (Lipinski definition) is 2. The Morgan fingerprint density at radius 2 is 1.85 bits per heavy atom. The van der Waals surface area contributed by atoms with E-state index in [1.165, 1.54) is 32.1 Å². The van der Waals surface area contributed by atoms with E-state index >= 15 is 0 Å². The second-order valence-electron chi connectivity index (χ2n) is 3.81. The summed E-state index contributed by atoms with van der Waals surface area (Å²) in [6, 6.07) is 0.698. The molecule has 0 bridgehead atoms. The zero-order valence-corrected chi connectivity index (χ0v) is 9.53. The molecule has 0 aromatic heterocycles. The van der Waals surface area contributed by atoms with Crippen LogP contribution in [0.15, 0.2) is 0 Å². The molecular weight excluding hydrogens is 160 g/mol. The topological polar surface area (TPSA) is 24.1 Å². The summed E-state index contributed by atoms with van der Waals surface area (Å²) in [7, 11) is 2.00. The van der Waals surface area contributed by atoms with Crippen molar-refractivity contribution in [3.63, 3.8) is 0 Å². The Kier molecular flexibility index (Phi) is 9.94. The SMILES string of the molecule is CCCCCC(C)NCCCNC. The summed E-state index contributed by atoms with van der Waals surface area (Å²) < 4.78 is 0. The standard InChI is InChI=1S/C11H26N2/c1-4-5-6-8-11(2)13-10-7-9-12-3/h11-13H,4-10H2,1-3H3. The van der Waals surface area contributed by atoms with E-state index in [1.54, 1.807) is 0 Å². The van der Waals surface area contributed by atoms with E-state index in [0.29, 0.717) is 6.04 Å². The second-order valence-corrected chi connectivity index (χ2v) is 3.81. The molecule has 2 nitrogen and oxygen atoms in total. The zero-order valence-electron chi connectivity index (χ0n) is 9.53. The first kappa shape index (κ1) is 12.9. The Morgan fingerprint density at radius 3 is 2.46 bits per heavy atom. The van der Waals surface area contributed by atoms with Crippen LogP contribution in [-0.2, 0) is 0 Å². The van der Waals surface area contributed by atoms with Crippen LogP contribution in [0, 0.1) is 0 Å². The van der Waals surface area contributed by atoms with Crippen molar-refractivity contribution < 1.29 is 0 Å². The quantitative estimate of drug-likeness (QED) is 0.539. The molecule has 0 saturated heterocycles. The van der Waals surface area contributed by atoms with Gasteiger partial charge in [0.2, 0.25) is 0 Å².